The number of nitrogens with two attached hydrogens (primary N) is 1. The Bertz CT molecular complexity index is 829. The molecule has 22 heavy (non-hydrogen) atoms. The molecular formula is C17H14N2O3. The largest absolute Gasteiger partial charge is 0.481 e. The molecule has 1 heterocycles. The quantitative estimate of drug-likeness (QED) is 0.802. The molecule has 0 aliphatic carbocycles. The predicted octanol–water partition coefficient (Wildman–Crippen LogP) is 3.13. The summed E-state index contributed by atoms with van der Waals surface area (Å²) >= 11 is 0. The summed E-state index contributed by atoms with van der Waals surface area (Å²) in [5.41, 5.74) is 5.87. The minimum atomic E-state index is -0.446. The summed E-state index contributed by atoms with van der Waals surface area (Å²) in [6.45, 7) is 0. The molecule has 3 aromatic rings. The number of carbonyl (C=O) groups is 1. The molecule has 5 heteroatoms. The van der Waals surface area contributed by atoms with Crippen LogP contribution in [0.1, 0.15) is 10.4 Å². The first kappa shape index (κ1) is 13.9. The maximum atomic E-state index is 11.4. The number of primary amides is 1. The zero-order valence-electron chi connectivity index (χ0n) is 11.9. The van der Waals surface area contributed by atoms with E-state index < -0.39 is 5.91 Å². The van der Waals surface area contributed by atoms with E-state index in [0.717, 1.165) is 10.8 Å². The van der Waals surface area contributed by atoms with Gasteiger partial charge in [0.05, 0.1) is 13.3 Å². The van der Waals surface area contributed by atoms with E-state index in [1.807, 2.05) is 18.2 Å². The van der Waals surface area contributed by atoms with Crippen LogP contribution in [0.4, 0.5) is 0 Å². The Morgan fingerprint density at radius 2 is 1.91 bits per heavy atom. The minimum absolute atomic E-state index is 0.446. The van der Waals surface area contributed by atoms with Crippen LogP contribution in [0.3, 0.4) is 0 Å². The summed E-state index contributed by atoms with van der Waals surface area (Å²) in [5, 5.41) is 1.69. The fraction of sp³-hybridized carbons (Fsp3) is 0.0588. The molecular weight excluding hydrogens is 280 g/mol. The topological polar surface area (TPSA) is 74.4 Å². The number of fused-ring (bicyclic) bond motifs is 1. The lowest BCUT2D eigenvalue weighted by molar-refractivity contribution is 0.100. The fourth-order valence-corrected chi connectivity index (χ4v) is 2.22. The third kappa shape index (κ3) is 2.69. The lowest BCUT2D eigenvalue weighted by Crippen LogP contribution is -2.11. The molecule has 0 spiro atoms. The van der Waals surface area contributed by atoms with Crippen LogP contribution < -0.4 is 15.2 Å². The molecule has 1 amide bonds. The second kappa shape index (κ2) is 5.73. The molecule has 0 fully saturated rings. The summed E-state index contributed by atoms with van der Waals surface area (Å²) in [4.78, 5) is 15.5. The van der Waals surface area contributed by atoms with Crippen LogP contribution >= 0.6 is 0 Å². The second-order valence-electron chi connectivity index (χ2n) is 4.69. The Balaban J connectivity index is 1.93. The molecule has 0 aliphatic rings. The Labute approximate surface area is 127 Å². The molecule has 2 aromatic carbocycles. The number of benzene rings is 2. The van der Waals surface area contributed by atoms with E-state index in [-0.39, 0.29) is 0 Å². The predicted molar refractivity (Wildman–Crippen MR) is 83.3 cm³/mol. The van der Waals surface area contributed by atoms with Gasteiger partial charge in [0.25, 0.3) is 0 Å². The Morgan fingerprint density at radius 1 is 1.09 bits per heavy atom. The minimum Gasteiger partial charge on any atom is -0.481 e. The highest BCUT2D eigenvalue weighted by atomic mass is 16.5. The molecule has 0 saturated heterocycles. The van der Waals surface area contributed by atoms with E-state index in [1.165, 1.54) is 0 Å². The highest BCUT2D eigenvalue weighted by molar-refractivity contribution is 6.06. The second-order valence-corrected chi connectivity index (χ2v) is 4.69. The molecule has 2 N–H and O–H groups in total. The van der Waals surface area contributed by atoms with Gasteiger partial charge in [-0.15, -0.1) is 0 Å². The maximum Gasteiger partial charge on any atom is 0.249 e. The molecule has 3 rings (SSSR count). The van der Waals surface area contributed by atoms with Crippen LogP contribution in [0.5, 0.6) is 17.4 Å². The van der Waals surface area contributed by atoms with Crippen molar-refractivity contribution in [3.8, 4) is 17.4 Å². The average Bonchev–Trinajstić information content (AvgIpc) is 2.54. The number of rotatable bonds is 4. The van der Waals surface area contributed by atoms with Gasteiger partial charge < -0.3 is 15.2 Å². The van der Waals surface area contributed by atoms with Crippen molar-refractivity contribution in [3.05, 3.63) is 60.3 Å². The maximum absolute atomic E-state index is 11.4. The fourth-order valence-electron chi connectivity index (χ4n) is 2.22. The zero-order chi connectivity index (χ0) is 15.5. The smallest absolute Gasteiger partial charge is 0.249 e. The number of methoxy groups -OCH3 is 1. The third-order valence-electron chi connectivity index (χ3n) is 3.27. The number of aromatic nitrogens is 1. The zero-order valence-corrected chi connectivity index (χ0v) is 11.9. The standard InChI is InChI=1S/C17H14N2O3/c1-21-16-8-6-13(10-19-16)22-12-5-7-14-11(9-12)3-2-4-15(14)17(18)20/h2-10H,1H3,(H2,18,20). The molecule has 0 aliphatic heterocycles. The molecule has 0 atom stereocenters. The van der Waals surface area contributed by atoms with Gasteiger partial charge in [0.1, 0.15) is 11.5 Å². The van der Waals surface area contributed by atoms with Crippen LogP contribution in [-0.2, 0) is 0 Å². The molecule has 1 aromatic heterocycles. The lowest BCUT2D eigenvalue weighted by Gasteiger charge is -2.08. The molecule has 0 radical (unpaired) electrons. The van der Waals surface area contributed by atoms with E-state index in [2.05, 4.69) is 4.98 Å². The highest BCUT2D eigenvalue weighted by Gasteiger charge is 2.07. The molecule has 0 bridgehead atoms. The van der Waals surface area contributed by atoms with Crippen molar-refractivity contribution < 1.29 is 14.3 Å². The normalized spacial score (nSPS) is 10.4. The van der Waals surface area contributed by atoms with Gasteiger partial charge >= 0.3 is 0 Å². The monoisotopic (exact) mass is 294 g/mol. The Morgan fingerprint density at radius 3 is 2.59 bits per heavy atom. The highest BCUT2D eigenvalue weighted by Crippen LogP contribution is 2.27. The van der Waals surface area contributed by atoms with Crippen molar-refractivity contribution in [2.24, 2.45) is 5.73 Å². The lowest BCUT2D eigenvalue weighted by atomic mass is 10.0. The molecule has 5 nitrogen and oxygen atoms in total. The van der Waals surface area contributed by atoms with Gasteiger partial charge in [-0.25, -0.2) is 4.98 Å². The van der Waals surface area contributed by atoms with Gasteiger partial charge in [-0.3, -0.25) is 4.79 Å². The van der Waals surface area contributed by atoms with Crippen molar-refractivity contribution in [2.45, 2.75) is 0 Å². The molecule has 110 valence electrons. The van der Waals surface area contributed by atoms with Crippen molar-refractivity contribution in [1.29, 1.82) is 0 Å². The van der Waals surface area contributed by atoms with Crippen molar-refractivity contribution in [2.75, 3.05) is 7.11 Å². The van der Waals surface area contributed by atoms with Crippen molar-refractivity contribution in [3.63, 3.8) is 0 Å². The summed E-state index contributed by atoms with van der Waals surface area (Å²) in [5.74, 6) is 1.34. The van der Waals surface area contributed by atoms with Gasteiger partial charge in [0, 0.05) is 11.6 Å². The van der Waals surface area contributed by atoms with Crippen LogP contribution in [0, 0.1) is 0 Å². The van der Waals surface area contributed by atoms with Crippen LogP contribution in [-0.4, -0.2) is 18.0 Å². The first-order chi connectivity index (χ1) is 10.7. The first-order valence-electron chi connectivity index (χ1n) is 6.68. The van der Waals surface area contributed by atoms with Gasteiger partial charge in [-0.05, 0) is 41.1 Å². The summed E-state index contributed by atoms with van der Waals surface area (Å²) < 4.78 is 10.8. The third-order valence-corrected chi connectivity index (χ3v) is 3.27. The summed E-state index contributed by atoms with van der Waals surface area (Å²) in [6.07, 6.45) is 1.59. The van der Waals surface area contributed by atoms with Gasteiger partial charge in [-0.2, -0.15) is 0 Å². The van der Waals surface area contributed by atoms with E-state index in [1.54, 1.807) is 43.6 Å². The van der Waals surface area contributed by atoms with Gasteiger partial charge in [0.15, 0.2) is 0 Å². The number of hydrogen-bond donors (Lipinski definition) is 1. The van der Waals surface area contributed by atoms with E-state index in [4.69, 9.17) is 15.2 Å². The van der Waals surface area contributed by atoms with Crippen LogP contribution in [0.25, 0.3) is 10.8 Å². The van der Waals surface area contributed by atoms with E-state index in [9.17, 15) is 4.79 Å². The SMILES string of the molecule is COc1ccc(Oc2ccc3c(C(N)=O)cccc3c2)cn1. The number of hydrogen-bond acceptors (Lipinski definition) is 4. The van der Waals surface area contributed by atoms with Gasteiger partial charge in [-0.1, -0.05) is 12.1 Å². The van der Waals surface area contributed by atoms with Gasteiger partial charge in [0.2, 0.25) is 11.8 Å². The van der Waals surface area contributed by atoms with Crippen molar-refractivity contribution in [1.82, 2.24) is 4.98 Å². The molecule has 0 saturated carbocycles. The number of amides is 1. The van der Waals surface area contributed by atoms with E-state index in [0.29, 0.717) is 22.9 Å². The first-order valence-corrected chi connectivity index (χ1v) is 6.68. The number of pyridine rings is 1. The summed E-state index contributed by atoms with van der Waals surface area (Å²) in [7, 11) is 1.56. The molecule has 0 unspecified atom stereocenters. The van der Waals surface area contributed by atoms with Crippen LogP contribution in [0.2, 0.25) is 0 Å². The Kier molecular flexibility index (Phi) is 3.62. The average molecular weight is 294 g/mol. The number of carbonyl (C=O) groups excluding carboxylic acids is 1. The Hall–Kier alpha value is -3.08. The van der Waals surface area contributed by atoms with Crippen LogP contribution in [0.15, 0.2) is 54.7 Å². The summed E-state index contributed by atoms with van der Waals surface area (Å²) in [6, 6.07) is 14.4. The number of nitrogens with zero attached hydrogens (tertiary/aromatic N) is 1. The van der Waals surface area contributed by atoms with Crippen molar-refractivity contribution >= 4 is 16.7 Å². The van der Waals surface area contributed by atoms with E-state index >= 15 is 0 Å². The number of ether oxygens (including phenoxy) is 2.